The fraction of sp³-hybridized carbons (Fsp3) is 0.941. The number of carboxylic acid groups (broad SMARTS) is 1. The summed E-state index contributed by atoms with van der Waals surface area (Å²) >= 11 is 0. The van der Waals surface area contributed by atoms with E-state index in [1.807, 2.05) is 0 Å². The second-order valence-electron chi connectivity index (χ2n) is 16.8. The average molecular weight is 513 g/mol. The molecule has 0 amide bonds. The van der Waals surface area contributed by atoms with Crippen LogP contribution in [0.3, 0.4) is 0 Å². The van der Waals surface area contributed by atoms with E-state index < -0.39 is 5.97 Å². The van der Waals surface area contributed by atoms with Crippen molar-refractivity contribution in [1.82, 2.24) is 0 Å². The van der Waals surface area contributed by atoms with Crippen LogP contribution in [-0.2, 0) is 9.59 Å². The van der Waals surface area contributed by atoms with Gasteiger partial charge in [0.05, 0.1) is 0 Å². The number of carboxylic acids is 1. The van der Waals surface area contributed by atoms with Crippen LogP contribution >= 0.6 is 0 Å². The van der Waals surface area contributed by atoms with Crippen molar-refractivity contribution in [2.24, 2.45) is 67.5 Å². The third-order valence-electron chi connectivity index (χ3n) is 15.8. The van der Waals surface area contributed by atoms with E-state index >= 15 is 0 Å². The SMILES string of the molecule is CC(=O)CC(=O)O.CC1CCC2CC1(C1(C)CCC3CC1(C14CC(CCC1C)C4(C)C)C3(C)C)C2(C)C. The minimum atomic E-state index is -1.06. The molecular weight excluding hydrogens is 456 g/mol. The van der Waals surface area contributed by atoms with Crippen molar-refractivity contribution >= 4 is 11.8 Å². The van der Waals surface area contributed by atoms with Gasteiger partial charge in [0.1, 0.15) is 12.2 Å². The van der Waals surface area contributed by atoms with Crippen LogP contribution < -0.4 is 0 Å². The molecule has 9 atom stereocenters. The van der Waals surface area contributed by atoms with Crippen LogP contribution in [0, 0.1) is 67.5 Å². The van der Waals surface area contributed by atoms with Crippen molar-refractivity contribution in [3.63, 3.8) is 0 Å². The second kappa shape index (κ2) is 7.87. The largest absolute Gasteiger partial charge is 0.481 e. The summed E-state index contributed by atoms with van der Waals surface area (Å²) in [5.74, 6) is 3.41. The average Bonchev–Trinajstić information content (AvgIpc) is 2.77. The molecular formula is C34H56O3. The van der Waals surface area contributed by atoms with Gasteiger partial charge in [-0.3, -0.25) is 9.59 Å². The molecule has 9 fully saturated rings. The number of aliphatic carboxylic acids is 1. The van der Waals surface area contributed by atoms with Gasteiger partial charge in [-0.15, -0.1) is 0 Å². The quantitative estimate of drug-likeness (QED) is 0.383. The van der Waals surface area contributed by atoms with Crippen LogP contribution in [0.4, 0.5) is 0 Å². The molecule has 3 nitrogen and oxygen atoms in total. The van der Waals surface area contributed by atoms with Crippen LogP contribution in [0.5, 0.6) is 0 Å². The van der Waals surface area contributed by atoms with Gasteiger partial charge in [0.25, 0.3) is 0 Å². The highest BCUT2D eigenvalue weighted by molar-refractivity contribution is 5.93. The van der Waals surface area contributed by atoms with Crippen LogP contribution in [0.25, 0.3) is 0 Å². The minimum absolute atomic E-state index is 0.312. The lowest BCUT2D eigenvalue weighted by Crippen LogP contribution is -2.86. The van der Waals surface area contributed by atoms with Gasteiger partial charge in [0, 0.05) is 0 Å². The van der Waals surface area contributed by atoms with E-state index in [2.05, 4.69) is 62.3 Å². The van der Waals surface area contributed by atoms with E-state index in [4.69, 9.17) is 5.11 Å². The first-order chi connectivity index (χ1) is 16.9. The normalized spacial score (nSPS) is 51.2. The molecule has 210 valence electrons. The molecule has 1 N–H and O–H groups in total. The van der Waals surface area contributed by atoms with E-state index in [0.717, 1.165) is 29.6 Å². The molecule has 37 heavy (non-hydrogen) atoms. The van der Waals surface area contributed by atoms with Crippen LogP contribution in [0.15, 0.2) is 0 Å². The Morgan fingerprint density at radius 1 is 0.676 bits per heavy atom. The van der Waals surface area contributed by atoms with E-state index in [9.17, 15) is 9.59 Å². The lowest BCUT2D eigenvalue weighted by Gasteiger charge is -2.92. The Bertz CT molecular complexity index is 979. The highest BCUT2D eigenvalue weighted by Crippen LogP contribution is 2.94. The number of hydrogen-bond acceptors (Lipinski definition) is 2. The standard InChI is InChI=1S/C30H50.C4H6O3/c1-19-10-12-21-16-28(19,24(21,3)4)27(9)15-14-23-18-30(27,26(23,7)8)29-17-22(25(29,5)6)13-11-20(29)2;1-3(5)2-4(6)7/h19-23H,10-18H2,1-9H3;2H2,1H3,(H,6,7). The molecule has 6 bridgehead atoms. The summed E-state index contributed by atoms with van der Waals surface area (Å²) in [6.07, 6.45) is 13.3. The van der Waals surface area contributed by atoms with E-state index in [1.165, 1.54) is 45.4 Å². The summed E-state index contributed by atoms with van der Waals surface area (Å²) in [5.41, 5.74) is 3.78. The van der Waals surface area contributed by atoms with Crippen LogP contribution in [-0.4, -0.2) is 16.9 Å². The smallest absolute Gasteiger partial charge is 0.310 e. The molecule has 0 aromatic heterocycles. The molecule has 9 saturated carbocycles. The highest BCUT2D eigenvalue weighted by atomic mass is 16.4. The predicted octanol–water partition coefficient (Wildman–Crippen LogP) is 8.79. The second-order valence-corrected chi connectivity index (χ2v) is 16.8. The summed E-state index contributed by atoms with van der Waals surface area (Å²) in [6, 6.07) is 0. The first-order valence-electron chi connectivity index (χ1n) is 15.6. The van der Waals surface area contributed by atoms with Crippen molar-refractivity contribution in [2.75, 3.05) is 0 Å². The van der Waals surface area contributed by atoms with Gasteiger partial charge in [-0.2, -0.15) is 0 Å². The highest BCUT2D eigenvalue weighted by Gasteiger charge is 2.88. The third-order valence-corrected chi connectivity index (χ3v) is 15.8. The summed E-state index contributed by atoms with van der Waals surface area (Å²) in [4.78, 5) is 19.5. The van der Waals surface area contributed by atoms with Gasteiger partial charge >= 0.3 is 5.97 Å². The summed E-state index contributed by atoms with van der Waals surface area (Å²) in [7, 11) is 0. The van der Waals surface area contributed by atoms with Gasteiger partial charge in [-0.05, 0) is 132 Å². The molecule has 9 aliphatic carbocycles. The molecule has 9 aliphatic rings. The van der Waals surface area contributed by atoms with E-state index in [0.29, 0.717) is 37.9 Å². The van der Waals surface area contributed by atoms with Crippen molar-refractivity contribution in [3.05, 3.63) is 0 Å². The minimum Gasteiger partial charge on any atom is -0.481 e. The number of carbonyl (C=O) groups is 2. The van der Waals surface area contributed by atoms with Gasteiger partial charge < -0.3 is 5.11 Å². The topological polar surface area (TPSA) is 54.4 Å². The Labute approximate surface area is 227 Å². The molecule has 0 radical (unpaired) electrons. The van der Waals surface area contributed by atoms with Crippen molar-refractivity contribution < 1.29 is 14.7 Å². The maximum Gasteiger partial charge on any atom is 0.310 e. The van der Waals surface area contributed by atoms with Gasteiger partial charge in [0.15, 0.2) is 0 Å². The monoisotopic (exact) mass is 512 g/mol. The Hall–Kier alpha value is -0.860. The van der Waals surface area contributed by atoms with Crippen LogP contribution in [0.1, 0.15) is 133 Å². The molecule has 0 heterocycles. The maximum absolute atomic E-state index is 9.87. The number of rotatable bonds is 4. The van der Waals surface area contributed by atoms with Gasteiger partial charge in [-0.1, -0.05) is 62.3 Å². The molecule has 0 aromatic rings. The van der Waals surface area contributed by atoms with Crippen LogP contribution in [0.2, 0.25) is 0 Å². The number of Topliss-reactive ketones (excluding diaryl/α,β-unsaturated/α-hetero) is 1. The van der Waals surface area contributed by atoms with E-state index in [1.54, 1.807) is 19.3 Å². The number of fused-ring (bicyclic) bond motifs is 6. The Balaban J connectivity index is 0.000000355. The molecule has 0 aromatic carbocycles. The first-order valence-corrected chi connectivity index (χ1v) is 15.6. The van der Waals surface area contributed by atoms with Crippen molar-refractivity contribution in [1.29, 1.82) is 0 Å². The fourth-order valence-electron chi connectivity index (χ4n) is 14.1. The predicted molar refractivity (Wildman–Crippen MR) is 150 cm³/mol. The molecule has 9 unspecified atom stereocenters. The maximum atomic E-state index is 9.87. The lowest BCUT2D eigenvalue weighted by atomic mass is 9.12. The zero-order valence-corrected chi connectivity index (χ0v) is 25.7. The fourth-order valence-corrected chi connectivity index (χ4v) is 14.1. The molecule has 0 aliphatic heterocycles. The Morgan fingerprint density at radius 3 is 1.49 bits per heavy atom. The summed E-state index contributed by atoms with van der Waals surface area (Å²) in [6.45, 7) is 25.9. The molecule has 3 heteroatoms. The summed E-state index contributed by atoms with van der Waals surface area (Å²) < 4.78 is 0. The summed E-state index contributed by atoms with van der Waals surface area (Å²) in [5, 5.41) is 7.86. The molecule has 9 rings (SSSR count). The lowest BCUT2D eigenvalue weighted by molar-refractivity contribution is -0.441. The van der Waals surface area contributed by atoms with Crippen molar-refractivity contribution in [3.8, 4) is 0 Å². The zero-order chi connectivity index (χ0) is 27.6. The van der Waals surface area contributed by atoms with Crippen molar-refractivity contribution in [2.45, 2.75) is 133 Å². The Kier molecular flexibility index (Phi) is 5.89. The van der Waals surface area contributed by atoms with E-state index in [-0.39, 0.29) is 12.2 Å². The zero-order valence-electron chi connectivity index (χ0n) is 25.7. The van der Waals surface area contributed by atoms with Gasteiger partial charge in [0.2, 0.25) is 0 Å². The first kappa shape index (κ1) is 27.7. The van der Waals surface area contributed by atoms with Gasteiger partial charge in [-0.25, -0.2) is 0 Å². The number of carbonyl (C=O) groups excluding carboxylic acids is 1. The molecule has 0 spiro atoms. The Morgan fingerprint density at radius 2 is 1.14 bits per heavy atom. The third kappa shape index (κ3) is 2.77. The molecule has 0 saturated heterocycles. The number of hydrogen-bond donors (Lipinski definition) is 1. The number of ketones is 1.